The molecule has 1 N–H and O–H groups in total. The number of aldehydes is 1. The van der Waals surface area contributed by atoms with Crippen LogP contribution < -0.4 is 5.32 Å². The van der Waals surface area contributed by atoms with Crippen LogP contribution in [0.4, 0.5) is 10.5 Å². The molecule has 1 rings (SSSR count). The summed E-state index contributed by atoms with van der Waals surface area (Å²) in [5.74, 6) is 0.260. The van der Waals surface area contributed by atoms with Crippen LogP contribution in [0.25, 0.3) is 0 Å². The Kier molecular flexibility index (Phi) is 4.70. The van der Waals surface area contributed by atoms with E-state index in [2.05, 4.69) is 5.32 Å². The molecule has 0 fully saturated rings. The summed E-state index contributed by atoms with van der Waals surface area (Å²) in [6.07, 6.45) is 0.275. The van der Waals surface area contributed by atoms with Gasteiger partial charge in [-0.05, 0) is 44.4 Å². The Labute approximate surface area is 114 Å². The number of nitrogens with one attached hydrogen (secondary N) is 1. The van der Waals surface area contributed by atoms with Crippen molar-refractivity contribution in [2.45, 2.75) is 46.1 Å². The maximum absolute atomic E-state index is 11.6. The standard InChI is InChI=1S/C15H21NO3/c1-10(2)13-7-6-12(8-11(13)9-17)16-14(18)19-15(3,4)5/h6-10H,1-5H3,(H,16,18). The van der Waals surface area contributed by atoms with Crippen LogP contribution in [0, 0.1) is 0 Å². The number of hydrogen-bond acceptors (Lipinski definition) is 3. The average Bonchev–Trinajstić information content (AvgIpc) is 2.25. The molecule has 0 aromatic heterocycles. The van der Waals surface area contributed by atoms with Crippen LogP contribution in [0.1, 0.15) is 56.5 Å². The molecule has 104 valence electrons. The molecule has 1 aromatic rings. The van der Waals surface area contributed by atoms with E-state index in [-0.39, 0.29) is 5.92 Å². The second-order valence-corrected chi connectivity index (χ2v) is 5.74. The predicted molar refractivity (Wildman–Crippen MR) is 75.8 cm³/mol. The molecule has 4 heteroatoms. The number of benzene rings is 1. The highest BCUT2D eigenvalue weighted by Gasteiger charge is 2.16. The SMILES string of the molecule is CC(C)c1ccc(NC(=O)OC(C)(C)C)cc1C=O. The topological polar surface area (TPSA) is 55.4 Å². The molecule has 1 amide bonds. The Hall–Kier alpha value is -1.84. The fourth-order valence-electron chi connectivity index (χ4n) is 1.70. The average molecular weight is 263 g/mol. The van der Waals surface area contributed by atoms with Crippen molar-refractivity contribution in [1.29, 1.82) is 0 Å². The van der Waals surface area contributed by atoms with Gasteiger partial charge < -0.3 is 4.74 Å². The zero-order valence-corrected chi connectivity index (χ0v) is 12.1. The van der Waals surface area contributed by atoms with Gasteiger partial charge in [0.2, 0.25) is 0 Å². The molecule has 19 heavy (non-hydrogen) atoms. The van der Waals surface area contributed by atoms with Crippen LogP contribution in [-0.2, 0) is 4.74 Å². The quantitative estimate of drug-likeness (QED) is 0.839. The van der Waals surface area contributed by atoms with E-state index in [1.54, 1.807) is 32.9 Å². The Balaban J connectivity index is 2.86. The van der Waals surface area contributed by atoms with Gasteiger partial charge in [-0.3, -0.25) is 10.1 Å². The van der Waals surface area contributed by atoms with Gasteiger partial charge in [0, 0.05) is 11.3 Å². The lowest BCUT2D eigenvalue weighted by atomic mass is 9.97. The summed E-state index contributed by atoms with van der Waals surface area (Å²) in [6.45, 7) is 9.43. The molecule has 0 heterocycles. The number of carbonyl (C=O) groups is 2. The predicted octanol–water partition coefficient (Wildman–Crippen LogP) is 3.97. The number of amides is 1. The molecular formula is C15H21NO3. The Bertz CT molecular complexity index is 473. The zero-order chi connectivity index (χ0) is 14.6. The third kappa shape index (κ3) is 4.73. The van der Waals surface area contributed by atoms with Gasteiger partial charge in [0.05, 0.1) is 0 Å². The van der Waals surface area contributed by atoms with Gasteiger partial charge in [-0.2, -0.15) is 0 Å². The van der Waals surface area contributed by atoms with E-state index in [0.717, 1.165) is 11.8 Å². The molecule has 0 unspecified atom stereocenters. The van der Waals surface area contributed by atoms with E-state index < -0.39 is 11.7 Å². The van der Waals surface area contributed by atoms with E-state index in [0.29, 0.717) is 11.3 Å². The lowest BCUT2D eigenvalue weighted by Crippen LogP contribution is -2.27. The number of hydrogen-bond donors (Lipinski definition) is 1. The molecule has 1 aromatic carbocycles. The smallest absolute Gasteiger partial charge is 0.412 e. The minimum atomic E-state index is -0.546. The first-order chi connectivity index (χ1) is 8.73. The van der Waals surface area contributed by atoms with E-state index in [1.165, 1.54) is 0 Å². The highest BCUT2D eigenvalue weighted by molar-refractivity contribution is 5.87. The van der Waals surface area contributed by atoms with Crippen molar-refractivity contribution in [1.82, 2.24) is 0 Å². The summed E-state index contributed by atoms with van der Waals surface area (Å²) in [4.78, 5) is 22.7. The molecule has 0 aliphatic heterocycles. The van der Waals surface area contributed by atoms with E-state index in [4.69, 9.17) is 4.74 Å². The first-order valence-electron chi connectivity index (χ1n) is 6.32. The second-order valence-electron chi connectivity index (χ2n) is 5.74. The monoisotopic (exact) mass is 263 g/mol. The highest BCUT2D eigenvalue weighted by Crippen LogP contribution is 2.22. The third-order valence-corrected chi connectivity index (χ3v) is 2.48. The van der Waals surface area contributed by atoms with Gasteiger partial charge in [-0.25, -0.2) is 4.79 Å². The first kappa shape index (κ1) is 15.2. The van der Waals surface area contributed by atoms with Crippen molar-refractivity contribution in [3.63, 3.8) is 0 Å². The maximum atomic E-state index is 11.6. The molecular weight excluding hydrogens is 242 g/mol. The molecule has 0 spiro atoms. The van der Waals surface area contributed by atoms with Crippen LogP contribution in [-0.4, -0.2) is 18.0 Å². The van der Waals surface area contributed by atoms with E-state index in [1.807, 2.05) is 19.9 Å². The third-order valence-electron chi connectivity index (χ3n) is 2.48. The maximum Gasteiger partial charge on any atom is 0.412 e. The van der Waals surface area contributed by atoms with Crippen LogP contribution in [0.2, 0.25) is 0 Å². The minimum absolute atomic E-state index is 0.260. The van der Waals surface area contributed by atoms with Gasteiger partial charge in [0.1, 0.15) is 11.9 Å². The first-order valence-corrected chi connectivity index (χ1v) is 6.32. The fourth-order valence-corrected chi connectivity index (χ4v) is 1.70. The van der Waals surface area contributed by atoms with Crippen molar-refractivity contribution in [2.75, 3.05) is 5.32 Å². The normalized spacial score (nSPS) is 11.3. The van der Waals surface area contributed by atoms with Gasteiger partial charge in [-0.1, -0.05) is 19.9 Å². The highest BCUT2D eigenvalue weighted by atomic mass is 16.6. The van der Waals surface area contributed by atoms with Crippen molar-refractivity contribution < 1.29 is 14.3 Å². The summed E-state index contributed by atoms with van der Waals surface area (Å²) in [6, 6.07) is 5.28. The summed E-state index contributed by atoms with van der Waals surface area (Å²) in [7, 11) is 0. The molecule has 0 radical (unpaired) electrons. The summed E-state index contributed by atoms with van der Waals surface area (Å²) >= 11 is 0. The van der Waals surface area contributed by atoms with Crippen LogP contribution in [0.15, 0.2) is 18.2 Å². The van der Waals surface area contributed by atoms with Crippen LogP contribution >= 0.6 is 0 Å². The lowest BCUT2D eigenvalue weighted by Gasteiger charge is -2.20. The zero-order valence-electron chi connectivity index (χ0n) is 12.1. The molecule has 0 saturated heterocycles. The molecule has 0 aliphatic carbocycles. The Morgan fingerprint density at radius 1 is 1.32 bits per heavy atom. The summed E-state index contributed by atoms with van der Waals surface area (Å²) in [5, 5.41) is 2.62. The number of ether oxygens (including phenoxy) is 1. The number of carbonyl (C=O) groups excluding carboxylic acids is 2. The fraction of sp³-hybridized carbons (Fsp3) is 0.467. The van der Waals surface area contributed by atoms with Crippen molar-refractivity contribution >= 4 is 18.1 Å². The van der Waals surface area contributed by atoms with Gasteiger partial charge in [0.25, 0.3) is 0 Å². The molecule has 0 bridgehead atoms. The van der Waals surface area contributed by atoms with Crippen molar-refractivity contribution in [2.24, 2.45) is 0 Å². The van der Waals surface area contributed by atoms with Gasteiger partial charge in [0.15, 0.2) is 0 Å². The van der Waals surface area contributed by atoms with E-state index in [9.17, 15) is 9.59 Å². The lowest BCUT2D eigenvalue weighted by molar-refractivity contribution is 0.0635. The van der Waals surface area contributed by atoms with Gasteiger partial charge in [-0.15, -0.1) is 0 Å². The summed E-state index contributed by atoms with van der Waals surface area (Å²) < 4.78 is 5.15. The van der Waals surface area contributed by atoms with Crippen molar-refractivity contribution in [3.05, 3.63) is 29.3 Å². The van der Waals surface area contributed by atoms with Crippen LogP contribution in [0.3, 0.4) is 0 Å². The Morgan fingerprint density at radius 3 is 2.42 bits per heavy atom. The van der Waals surface area contributed by atoms with Crippen LogP contribution in [0.5, 0.6) is 0 Å². The second kappa shape index (κ2) is 5.87. The number of rotatable bonds is 3. The Morgan fingerprint density at radius 2 is 1.95 bits per heavy atom. The number of anilines is 1. The van der Waals surface area contributed by atoms with E-state index >= 15 is 0 Å². The molecule has 0 atom stereocenters. The summed E-state index contributed by atoms with van der Waals surface area (Å²) in [5.41, 5.74) is 1.56. The largest absolute Gasteiger partial charge is 0.444 e. The molecule has 0 saturated carbocycles. The molecule has 4 nitrogen and oxygen atoms in total. The van der Waals surface area contributed by atoms with Crippen molar-refractivity contribution in [3.8, 4) is 0 Å². The van der Waals surface area contributed by atoms with Gasteiger partial charge >= 0.3 is 6.09 Å². The molecule has 0 aliphatic rings. The minimum Gasteiger partial charge on any atom is -0.444 e.